The molecule has 2 rings (SSSR count). The van der Waals surface area contributed by atoms with Gasteiger partial charge in [0.1, 0.15) is 0 Å². The molecule has 0 radical (unpaired) electrons. The van der Waals surface area contributed by atoms with Gasteiger partial charge in [0.15, 0.2) is 0 Å². The van der Waals surface area contributed by atoms with Crippen molar-refractivity contribution in [3.05, 3.63) is 65.7 Å². The fraction of sp³-hybridized carbons (Fsp3) is 0.333. The molecule has 1 nitrogen and oxygen atoms in total. The molecule has 2 aromatic carbocycles. The minimum Gasteiger partial charge on any atom is -0.393 e. The van der Waals surface area contributed by atoms with Gasteiger partial charge in [0.05, 0.1) is 6.10 Å². The third-order valence-corrected chi connectivity index (χ3v) is 4.82. The molecule has 2 heteroatoms. The van der Waals surface area contributed by atoms with Crippen molar-refractivity contribution in [1.29, 1.82) is 0 Å². The van der Waals surface area contributed by atoms with Crippen molar-refractivity contribution < 1.29 is 5.11 Å². The lowest BCUT2D eigenvalue weighted by molar-refractivity contribution is 0.153. The predicted molar refractivity (Wildman–Crippen MR) is 103 cm³/mol. The van der Waals surface area contributed by atoms with Gasteiger partial charge in [-0.15, -0.1) is 11.8 Å². The predicted octanol–water partition coefficient (Wildman–Crippen LogP) is 5.89. The molecule has 0 bridgehead atoms. The van der Waals surface area contributed by atoms with Crippen LogP contribution in [0, 0.1) is 0 Å². The molecule has 0 fully saturated rings. The molecule has 0 aliphatic carbocycles. The van der Waals surface area contributed by atoms with Gasteiger partial charge in [-0.05, 0) is 48.3 Å². The summed E-state index contributed by atoms with van der Waals surface area (Å²) in [5, 5.41) is 9.72. The van der Waals surface area contributed by atoms with Crippen LogP contribution in [0.15, 0.2) is 59.5 Å². The zero-order valence-corrected chi connectivity index (χ0v) is 14.6. The number of hydrogen-bond donors (Lipinski definition) is 1. The van der Waals surface area contributed by atoms with E-state index in [2.05, 4.69) is 67.6 Å². The van der Waals surface area contributed by atoms with Crippen LogP contribution in [-0.4, -0.2) is 17.0 Å². The Morgan fingerprint density at radius 1 is 0.913 bits per heavy atom. The summed E-state index contributed by atoms with van der Waals surface area (Å²) in [6, 6.07) is 19.0. The number of hydrogen-bond acceptors (Lipinski definition) is 2. The first kappa shape index (κ1) is 17.8. The molecule has 0 aliphatic heterocycles. The van der Waals surface area contributed by atoms with Crippen molar-refractivity contribution in [2.45, 2.75) is 43.6 Å². The number of thioether (sulfide) groups is 1. The van der Waals surface area contributed by atoms with E-state index in [1.807, 2.05) is 17.8 Å². The summed E-state index contributed by atoms with van der Waals surface area (Å²) in [5.41, 5.74) is 2.44. The standard InChI is InChI=1S/C21H26OS/c1-2-7-20(22)10-6-17-23-21-15-13-19(14-16-21)12-11-18-8-4-3-5-9-18/h3-5,8-9,11-16,20,22H,2,6-7,10,17H2,1H3/b12-11+. The highest BCUT2D eigenvalue weighted by molar-refractivity contribution is 7.99. The van der Waals surface area contributed by atoms with Crippen LogP contribution in [0.25, 0.3) is 12.2 Å². The third-order valence-electron chi connectivity index (χ3n) is 3.72. The van der Waals surface area contributed by atoms with E-state index in [1.54, 1.807) is 0 Å². The van der Waals surface area contributed by atoms with Gasteiger partial charge in [0, 0.05) is 4.90 Å². The minimum absolute atomic E-state index is 0.119. The van der Waals surface area contributed by atoms with E-state index in [0.29, 0.717) is 0 Å². The molecule has 23 heavy (non-hydrogen) atoms. The summed E-state index contributed by atoms with van der Waals surface area (Å²) in [6.07, 6.45) is 8.13. The Bertz CT molecular complexity index is 575. The molecular formula is C21H26OS. The molecule has 1 unspecified atom stereocenters. The van der Waals surface area contributed by atoms with Gasteiger partial charge in [-0.25, -0.2) is 0 Å². The maximum atomic E-state index is 9.72. The molecule has 0 saturated carbocycles. The van der Waals surface area contributed by atoms with Crippen molar-refractivity contribution >= 4 is 23.9 Å². The number of benzene rings is 2. The SMILES string of the molecule is CCCC(O)CCCSc1ccc(/C=C/c2ccccc2)cc1. The van der Waals surface area contributed by atoms with Gasteiger partial charge < -0.3 is 5.11 Å². The van der Waals surface area contributed by atoms with Gasteiger partial charge in [0.25, 0.3) is 0 Å². The minimum atomic E-state index is -0.119. The number of rotatable bonds is 9. The van der Waals surface area contributed by atoms with Crippen LogP contribution in [-0.2, 0) is 0 Å². The lowest BCUT2D eigenvalue weighted by Gasteiger charge is -2.08. The van der Waals surface area contributed by atoms with Crippen LogP contribution in [0.4, 0.5) is 0 Å². The zero-order chi connectivity index (χ0) is 16.3. The molecule has 1 atom stereocenters. The normalized spacial score (nSPS) is 12.6. The fourth-order valence-electron chi connectivity index (χ4n) is 2.42. The van der Waals surface area contributed by atoms with Crippen molar-refractivity contribution in [3.8, 4) is 0 Å². The molecule has 0 aromatic heterocycles. The molecule has 0 spiro atoms. The molecule has 0 amide bonds. The van der Waals surface area contributed by atoms with Crippen molar-refractivity contribution in [2.75, 3.05) is 5.75 Å². The molecule has 2 aromatic rings. The number of aliphatic hydroxyl groups excluding tert-OH is 1. The summed E-state index contributed by atoms with van der Waals surface area (Å²) in [6.45, 7) is 2.12. The van der Waals surface area contributed by atoms with E-state index in [0.717, 1.165) is 31.4 Å². The Hall–Kier alpha value is -1.51. The fourth-order valence-corrected chi connectivity index (χ4v) is 3.29. The van der Waals surface area contributed by atoms with Gasteiger partial charge in [-0.2, -0.15) is 0 Å². The van der Waals surface area contributed by atoms with Gasteiger partial charge in [-0.1, -0.05) is 68.0 Å². The molecule has 0 aliphatic rings. The molecule has 122 valence electrons. The van der Waals surface area contributed by atoms with E-state index >= 15 is 0 Å². The van der Waals surface area contributed by atoms with Crippen LogP contribution in [0.1, 0.15) is 43.7 Å². The van der Waals surface area contributed by atoms with Gasteiger partial charge in [0.2, 0.25) is 0 Å². The van der Waals surface area contributed by atoms with E-state index in [4.69, 9.17) is 0 Å². The second-order valence-electron chi connectivity index (χ2n) is 5.75. The third kappa shape index (κ3) is 7.06. The maximum absolute atomic E-state index is 9.72. The van der Waals surface area contributed by atoms with E-state index in [9.17, 15) is 5.11 Å². The van der Waals surface area contributed by atoms with Gasteiger partial charge in [-0.3, -0.25) is 0 Å². The molecular weight excluding hydrogens is 300 g/mol. The highest BCUT2D eigenvalue weighted by Gasteiger charge is 2.02. The van der Waals surface area contributed by atoms with Crippen molar-refractivity contribution in [3.63, 3.8) is 0 Å². The average molecular weight is 327 g/mol. The Kier molecular flexibility index (Phi) is 7.99. The maximum Gasteiger partial charge on any atom is 0.0540 e. The van der Waals surface area contributed by atoms with Gasteiger partial charge >= 0.3 is 0 Å². The highest BCUT2D eigenvalue weighted by atomic mass is 32.2. The lowest BCUT2D eigenvalue weighted by Crippen LogP contribution is -2.05. The van der Waals surface area contributed by atoms with Crippen LogP contribution in [0.2, 0.25) is 0 Å². The Morgan fingerprint density at radius 3 is 2.22 bits per heavy atom. The number of aliphatic hydroxyl groups is 1. The van der Waals surface area contributed by atoms with Crippen LogP contribution < -0.4 is 0 Å². The average Bonchev–Trinajstić information content (AvgIpc) is 2.59. The Morgan fingerprint density at radius 2 is 1.57 bits per heavy atom. The van der Waals surface area contributed by atoms with Crippen LogP contribution in [0.3, 0.4) is 0 Å². The van der Waals surface area contributed by atoms with Crippen LogP contribution in [0.5, 0.6) is 0 Å². The van der Waals surface area contributed by atoms with Crippen LogP contribution >= 0.6 is 11.8 Å². The Balaban J connectivity index is 1.75. The first-order valence-electron chi connectivity index (χ1n) is 8.42. The molecule has 1 N–H and O–H groups in total. The topological polar surface area (TPSA) is 20.2 Å². The first-order chi connectivity index (χ1) is 11.3. The second kappa shape index (κ2) is 10.3. The summed E-state index contributed by atoms with van der Waals surface area (Å²) in [7, 11) is 0. The quantitative estimate of drug-likeness (QED) is 0.352. The summed E-state index contributed by atoms with van der Waals surface area (Å²) >= 11 is 1.87. The largest absolute Gasteiger partial charge is 0.393 e. The smallest absolute Gasteiger partial charge is 0.0540 e. The highest BCUT2D eigenvalue weighted by Crippen LogP contribution is 2.21. The summed E-state index contributed by atoms with van der Waals surface area (Å²) < 4.78 is 0. The monoisotopic (exact) mass is 326 g/mol. The van der Waals surface area contributed by atoms with E-state index in [1.165, 1.54) is 16.0 Å². The molecule has 0 saturated heterocycles. The van der Waals surface area contributed by atoms with E-state index < -0.39 is 0 Å². The Labute approximate surface area is 144 Å². The molecule has 0 heterocycles. The zero-order valence-electron chi connectivity index (χ0n) is 13.8. The van der Waals surface area contributed by atoms with Crippen molar-refractivity contribution in [1.82, 2.24) is 0 Å². The lowest BCUT2D eigenvalue weighted by atomic mass is 10.1. The first-order valence-corrected chi connectivity index (χ1v) is 9.40. The summed E-state index contributed by atoms with van der Waals surface area (Å²) in [4.78, 5) is 1.30. The van der Waals surface area contributed by atoms with Crippen molar-refractivity contribution in [2.24, 2.45) is 0 Å². The van der Waals surface area contributed by atoms with E-state index in [-0.39, 0.29) is 6.10 Å². The second-order valence-corrected chi connectivity index (χ2v) is 6.91. The summed E-state index contributed by atoms with van der Waals surface area (Å²) in [5.74, 6) is 1.07.